The van der Waals surface area contributed by atoms with Gasteiger partial charge in [-0.2, -0.15) is 0 Å². The molecule has 0 aliphatic rings. The summed E-state index contributed by atoms with van der Waals surface area (Å²) in [4.78, 5) is 11.6. The molecule has 0 bridgehead atoms. The zero-order valence-electron chi connectivity index (χ0n) is 5.85. The number of rotatable bonds is 2. The van der Waals surface area contributed by atoms with Crippen LogP contribution in [-0.2, 0) is 0 Å². The minimum Gasteiger partial charge on any atom is -0.287 e. The predicted octanol–water partition coefficient (Wildman–Crippen LogP) is 1.27. The zero-order valence-corrected chi connectivity index (χ0v) is 7.42. The Hall–Kier alpha value is -0.580. The molecule has 0 aromatic carbocycles. The smallest absolute Gasteiger partial charge is 0.275 e. The molecule has 1 rings (SSSR count). The van der Waals surface area contributed by atoms with Gasteiger partial charge in [-0.3, -0.25) is 10.2 Å². The molecular formula is C6H7ClN2OS. The van der Waals surface area contributed by atoms with Crippen molar-refractivity contribution in [3.8, 4) is 0 Å². The van der Waals surface area contributed by atoms with Crippen molar-refractivity contribution in [2.24, 2.45) is 0 Å². The highest BCUT2D eigenvalue weighted by Gasteiger charge is 2.05. The minimum atomic E-state index is -0.163. The number of amides is 1. The van der Waals surface area contributed by atoms with Crippen LogP contribution in [0.25, 0.3) is 0 Å². The molecule has 0 fully saturated rings. The van der Waals surface area contributed by atoms with Gasteiger partial charge in [0.05, 0.1) is 9.21 Å². The van der Waals surface area contributed by atoms with Gasteiger partial charge in [0.25, 0.3) is 5.91 Å². The summed E-state index contributed by atoms with van der Waals surface area (Å²) in [6.07, 6.45) is 0. The van der Waals surface area contributed by atoms with Gasteiger partial charge < -0.3 is 0 Å². The first-order valence-electron chi connectivity index (χ1n) is 2.96. The van der Waals surface area contributed by atoms with E-state index in [2.05, 4.69) is 10.9 Å². The number of nitrogens with one attached hydrogen (secondary N) is 2. The van der Waals surface area contributed by atoms with Gasteiger partial charge in [0, 0.05) is 7.05 Å². The van der Waals surface area contributed by atoms with Crippen molar-refractivity contribution in [3.05, 3.63) is 21.3 Å². The lowest BCUT2D eigenvalue weighted by Crippen LogP contribution is -2.33. The Labute approximate surface area is 73.3 Å². The maximum atomic E-state index is 11.0. The fraction of sp³-hybridized carbons (Fsp3) is 0.167. The molecule has 11 heavy (non-hydrogen) atoms. The van der Waals surface area contributed by atoms with Crippen molar-refractivity contribution < 1.29 is 4.79 Å². The number of halogens is 1. The van der Waals surface area contributed by atoms with Crippen molar-refractivity contribution in [1.29, 1.82) is 0 Å². The van der Waals surface area contributed by atoms with Crippen LogP contribution >= 0.6 is 22.9 Å². The average Bonchev–Trinajstić information content (AvgIpc) is 2.36. The zero-order chi connectivity index (χ0) is 8.27. The summed E-state index contributed by atoms with van der Waals surface area (Å²) in [5, 5.41) is 0. The molecular weight excluding hydrogens is 184 g/mol. The third-order valence-corrected chi connectivity index (χ3v) is 2.27. The molecule has 60 valence electrons. The van der Waals surface area contributed by atoms with E-state index in [-0.39, 0.29) is 5.91 Å². The van der Waals surface area contributed by atoms with Gasteiger partial charge in [0.2, 0.25) is 0 Å². The monoisotopic (exact) mass is 190 g/mol. The summed E-state index contributed by atoms with van der Waals surface area (Å²) in [7, 11) is 1.63. The first-order chi connectivity index (χ1) is 5.24. The van der Waals surface area contributed by atoms with Gasteiger partial charge in [-0.1, -0.05) is 11.6 Å². The maximum absolute atomic E-state index is 11.0. The Bertz CT molecular complexity index is 261. The van der Waals surface area contributed by atoms with Crippen LogP contribution in [0.2, 0.25) is 4.34 Å². The molecule has 1 aromatic heterocycles. The Balaban J connectivity index is 2.69. The molecule has 1 amide bonds. The largest absolute Gasteiger partial charge is 0.287 e. The molecule has 0 saturated carbocycles. The van der Waals surface area contributed by atoms with Gasteiger partial charge in [-0.25, -0.2) is 5.43 Å². The van der Waals surface area contributed by atoms with Gasteiger partial charge in [-0.15, -0.1) is 11.3 Å². The van der Waals surface area contributed by atoms with Crippen molar-refractivity contribution in [3.63, 3.8) is 0 Å². The quantitative estimate of drug-likeness (QED) is 0.690. The lowest BCUT2D eigenvalue weighted by atomic mass is 10.4. The summed E-state index contributed by atoms with van der Waals surface area (Å²) in [6, 6.07) is 3.37. The van der Waals surface area contributed by atoms with E-state index in [1.165, 1.54) is 11.3 Å². The first kappa shape index (κ1) is 8.52. The molecule has 0 unspecified atom stereocenters. The van der Waals surface area contributed by atoms with E-state index >= 15 is 0 Å². The lowest BCUT2D eigenvalue weighted by Gasteiger charge is -1.97. The first-order valence-corrected chi connectivity index (χ1v) is 4.16. The minimum absolute atomic E-state index is 0.163. The average molecular weight is 191 g/mol. The van der Waals surface area contributed by atoms with Crippen LogP contribution in [0, 0.1) is 0 Å². The molecule has 0 saturated heterocycles. The van der Waals surface area contributed by atoms with Crippen LogP contribution in [0.1, 0.15) is 9.67 Å². The third-order valence-electron chi connectivity index (χ3n) is 1.04. The molecule has 3 nitrogen and oxygen atoms in total. The standard InChI is InChI=1S/C6H7ClN2OS/c1-8-9-6(10)4-2-3-5(7)11-4/h2-3,8H,1H3,(H,9,10). The summed E-state index contributed by atoms with van der Waals surface area (Å²) in [6.45, 7) is 0. The van der Waals surface area contributed by atoms with E-state index in [0.717, 1.165) is 0 Å². The third kappa shape index (κ3) is 2.18. The normalized spacial score (nSPS) is 9.64. The van der Waals surface area contributed by atoms with Crippen molar-refractivity contribution >= 4 is 28.8 Å². The molecule has 0 atom stereocenters. The molecule has 0 aliphatic heterocycles. The Morgan fingerprint density at radius 3 is 2.82 bits per heavy atom. The molecule has 0 aliphatic carbocycles. The van der Waals surface area contributed by atoms with E-state index < -0.39 is 0 Å². The maximum Gasteiger partial charge on any atom is 0.275 e. The Kier molecular flexibility index (Phi) is 2.87. The fourth-order valence-electron chi connectivity index (χ4n) is 0.611. The summed E-state index contributed by atoms with van der Waals surface area (Å²) in [5.41, 5.74) is 4.98. The van der Waals surface area contributed by atoms with E-state index in [0.29, 0.717) is 9.21 Å². The fourth-order valence-corrected chi connectivity index (χ4v) is 1.55. The molecule has 1 aromatic rings. The highest BCUT2D eigenvalue weighted by molar-refractivity contribution is 7.17. The van der Waals surface area contributed by atoms with Crippen LogP contribution in [0.5, 0.6) is 0 Å². The molecule has 2 N–H and O–H groups in total. The van der Waals surface area contributed by atoms with Gasteiger partial charge >= 0.3 is 0 Å². The second kappa shape index (κ2) is 3.71. The van der Waals surface area contributed by atoms with E-state index in [4.69, 9.17) is 11.6 Å². The number of hydrogen-bond acceptors (Lipinski definition) is 3. The summed E-state index contributed by atoms with van der Waals surface area (Å²) >= 11 is 6.87. The molecule has 5 heteroatoms. The van der Waals surface area contributed by atoms with Crippen LogP contribution in [0.15, 0.2) is 12.1 Å². The van der Waals surface area contributed by atoms with Gasteiger partial charge in [0.15, 0.2) is 0 Å². The SMILES string of the molecule is CNNC(=O)c1ccc(Cl)s1. The van der Waals surface area contributed by atoms with Crippen LogP contribution < -0.4 is 10.9 Å². The number of carbonyl (C=O) groups is 1. The topological polar surface area (TPSA) is 41.1 Å². The van der Waals surface area contributed by atoms with Crippen LogP contribution in [-0.4, -0.2) is 13.0 Å². The highest BCUT2D eigenvalue weighted by Crippen LogP contribution is 2.20. The van der Waals surface area contributed by atoms with Gasteiger partial charge in [-0.05, 0) is 12.1 Å². The second-order valence-corrected chi connectivity index (χ2v) is 3.52. The summed E-state index contributed by atoms with van der Waals surface area (Å²) in [5.74, 6) is -0.163. The second-order valence-electron chi connectivity index (χ2n) is 1.81. The van der Waals surface area contributed by atoms with E-state index in [1.807, 2.05) is 0 Å². The Morgan fingerprint density at radius 2 is 2.36 bits per heavy atom. The van der Waals surface area contributed by atoms with Crippen molar-refractivity contribution in [2.75, 3.05) is 7.05 Å². The van der Waals surface area contributed by atoms with E-state index in [1.54, 1.807) is 19.2 Å². The molecule has 0 spiro atoms. The Morgan fingerprint density at radius 1 is 1.64 bits per heavy atom. The van der Waals surface area contributed by atoms with E-state index in [9.17, 15) is 4.79 Å². The number of carbonyl (C=O) groups excluding carboxylic acids is 1. The molecule has 0 radical (unpaired) electrons. The van der Waals surface area contributed by atoms with Crippen LogP contribution in [0.4, 0.5) is 0 Å². The highest BCUT2D eigenvalue weighted by atomic mass is 35.5. The number of thiophene rings is 1. The summed E-state index contributed by atoms with van der Waals surface area (Å²) < 4.78 is 0.617. The number of hydrogen-bond donors (Lipinski definition) is 2. The predicted molar refractivity (Wildman–Crippen MR) is 45.9 cm³/mol. The van der Waals surface area contributed by atoms with Gasteiger partial charge in [0.1, 0.15) is 0 Å². The molecule has 1 heterocycles. The van der Waals surface area contributed by atoms with Crippen LogP contribution in [0.3, 0.4) is 0 Å². The number of hydrazine groups is 1. The van der Waals surface area contributed by atoms with Crippen molar-refractivity contribution in [2.45, 2.75) is 0 Å². The lowest BCUT2D eigenvalue weighted by molar-refractivity contribution is 0.0942. The van der Waals surface area contributed by atoms with Crippen molar-refractivity contribution in [1.82, 2.24) is 10.9 Å².